The molecule has 0 radical (unpaired) electrons. The summed E-state index contributed by atoms with van der Waals surface area (Å²) in [5.74, 6) is 0.0527. The molecule has 3 heterocycles. The number of ether oxygens (including phenoxy) is 1. The fourth-order valence-corrected chi connectivity index (χ4v) is 4.55. The van der Waals surface area contributed by atoms with Crippen LogP contribution in [-0.4, -0.2) is 38.2 Å². The summed E-state index contributed by atoms with van der Waals surface area (Å²) in [5.41, 5.74) is 0. The van der Waals surface area contributed by atoms with Gasteiger partial charge >= 0.3 is 0 Å². The molecule has 3 fully saturated rings. The van der Waals surface area contributed by atoms with Gasteiger partial charge in [-0.05, 0) is 0 Å². The van der Waals surface area contributed by atoms with E-state index in [4.69, 9.17) is 8.92 Å². The molecule has 5 unspecified atom stereocenters. The molecule has 6 heteroatoms. The Kier molecular flexibility index (Phi) is 1.49. The highest BCUT2D eigenvalue weighted by Gasteiger charge is 2.73. The molecular formula is C8H11FO4S. The van der Waals surface area contributed by atoms with E-state index < -0.39 is 33.7 Å². The Hall–Kier alpha value is -0.200. The van der Waals surface area contributed by atoms with Crippen LogP contribution in [0.2, 0.25) is 0 Å². The van der Waals surface area contributed by atoms with Gasteiger partial charge in [0.1, 0.15) is 18.9 Å². The van der Waals surface area contributed by atoms with Crippen molar-refractivity contribution in [2.75, 3.05) is 6.67 Å². The van der Waals surface area contributed by atoms with Crippen LogP contribution < -0.4 is 0 Å². The van der Waals surface area contributed by atoms with Crippen molar-refractivity contribution in [3.63, 3.8) is 0 Å². The number of hydrogen-bond acceptors (Lipinski definition) is 4. The van der Waals surface area contributed by atoms with Crippen molar-refractivity contribution in [2.24, 2.45) is 5.92 Å². The van der Waals surface area contributed by atoms with E-state index in [1.165, 1.54) is 0 Å². The summed E-state index contributed by atoms with van der Waals surface area (Å²) in [6, 6.07) is 0. The van der Waals surface area contributed by atoms with Crippen molar-refractivity contribution >= 4 is 10.1 Å². The monoisotopic (exact) mass is 222 g/mol. The van der Waals surface area contributed by atoms with Crippen LogP contribution in [0.1, 0.15) is 13.3 Å². The maximum absolute atomic E-state index is 12.9. The molecule has 14 heavy (non-hydrogen) atoms. The van der Waals surface area contributed by atoms with Crippen LogP contribution in [0, 0.1) is 5.92 Å². The highest BCUT2D eigenvalue weighted by atomic mass is 32.2. The maximum atomic E-state index is 12.9. The van der Waals surface area contributed by atoms with Gasteiger partial charge in [0.2, 0.25) is 0 Å². The lowest BCUT2D eigenvalue weighted by Crippen LogP contribution is -2.47. The summed E-state index contributed by atoms with van der Waals surface area (Å²) in [6.07, 6.45) is -0.959. The Morgan fingerprint density at radius 2 is 2.29 bits per heavy atom. The highest BCUT2D eigenvalue weighted by molar-refractivity contribution is 7.88. The fraction of sp³-hybridized carbons (Fsp3) is 1.00. The van der Waals surface area contributed by atoms with Gasteiger partial charge in [0.05, 0.1) is 6.10 Å². The zero-order valence-electron chi connectivity index (χ0n) is 7.64. The number of halogens is 1. The summed E-state index contributed by atoms with van der Waals surface area (Å²) in [5, 5.41) is 0. The smallest absolute Gasteiger partial charge is 0.278 e. The lowest BCUT2D eigenvalue weighted by Gasteiger charge is -2.24. The Morgan fingerprint density at radius 3 is 2.86 bits per heavy atom. The summed E-state index contributed by atoms with van der Waals surface area (Å²) in [7, 11) is -3.78. The van der Waals surface area contributed by atoms with E-state index >= 15 is 0 Å². The Bertz CT molecular complexity index is 381. The molecule has 3 aliphatic heterocycles. The van der Waals surface area contributed by atoms with E-state index in [2.05, 4.69) is 0 Å². The summed E-state index contributed by atoms with van der Waals surface area (Å²) < 4.78 is 45.2. The molecule has 5 atom stereocenters. The zero-order chi connectivity index (χ0) is 10.1. The summed E-state index contributed by atoms with van der Waals surface area (Å²) >= 11 is 0. The number of alkyl halides is 1. The predicted octanol–water partition coefficient (Wildman–Crippen LogP) is 0.230. The van der Waals surface area contributed by atoms with Crippen LogP contribution in [0.15, 0.2) is 0 Å². The van der Waals surface area contributed by atoms with E-state index in [0.717, 1.165) is 0 Å². The fourth-order valence-electron chi connectivity index (χ4n) is 2.81. The molecule has 0 aromatic heterocycles. The molecule has 3 saturated heterocycles. The Morgan fingerprint density at radius 1 is 1.57 bits per heavy atom. The minimum atomic E-state index is -3.78. The third kappa shape index (κ3) is 0.717. The first-order valence-electron chi connectivity index (χ1n) is 4.66. The molecule has 0 N–H and O–H groups in total. The Balaban J connectivity index is 2.16. The first-order valence-corrected chi connectivity index (χ1v) is 6.07. The van der Waals surface area contributed by atoms with Crippen LogP contribution in [-0.2, 0) is 19.0 Å². The number of rotatable bonds is 1. The van der Waals surface area contributed by atoms with Crippen molar-refractivity contribution in [2.45, 2.75) is 36.4 Å². The quantitative estimate of drug-likeness (QED) is 0.596. The third-order valence-corrected chi connectivity index (χ3v) is 5.73. The molecule has 0 spiro atoms. The molecule has 2 bridgehead atoms. The standard InChI is InChI=1S/C8H11FO4S/c1-4-5-2-8(3-9)7(12-5)6(4)13-14(8,10)11/h4-7H,2-3H2,1H3. The Labute approximate surface area is 81.5 Å². The van der Waals surface area contributed by atoms with Crippen molar-refractivity contribution in [1.29, 1.82) is 0 Å². The van der Waals surface area contributed by atoms with Crippen LogP contribution in [0.4, 0.5) is 4.39 Å². The average molecular weight is 222 g/mol. The molecule has 0 aliphatic carbocycles. The van der Waals surface area contributed by atoms with Crippen LogP contribution in [0.25, 0.3) is 0 Å². The molecule has 0 saturated carbocycles. The third-order valence-electron chi connectivity index (χ3n) is 3.75. The second-order valence-corrected chi connectivity index (χ2v) is 6.29. The molecule has 4 nitrogen and oxygen atoms in total. The van der Waals surface area contributed by atoms with Gasteiger partial charge in [0.15, 0.2) is 4.75 Å². The van der Waals surface area contributed by atoms with Gasteiger partial charge in [-0.25, -0.2) is 4.39 Å². The molecule has 0 aromatic carbocycles. The lowest BCUT2D eigenvalue weighted by molar-refractivity contribution is 0.0714. The first kappa shape index (κ1) is 9.06. The topological polar surface area (TPSA) is 52.6 Å². The highest BCUT2D eigenvalue weighted by Crippen LogP contribution is 2.56. The second kappa shape index (κ2) is 2.31. The van der Waals surface area contributed by atoms with Gasteiger partial charge in [0, 0.05) is 12.3 Å². The molecule has 3 aliphatic rings. The first-order chi connectivity index (χ1) is 6.52. The van der Waals surface area contributed by atoms with Gasteiger partial charge in [0.25, 0.3) is 10.1 Å². The molecular weight excluding hydrogens is 211 g/mol. The molecule has 3 rings (SSSR count). The van der Waals surface area contributed by atoms with E-state index in [-0.39, 0.29) is 18.4 Å². The van der Waals surface area contributed by atoms with Crippen LogP contribution >= 0.6 is 0 Å². The van der Waals surface area contributed by atoms with Gasteiger partial charge in [-0.1, -0.05) is 6.92 Å². The molecule has 0 aromatic rings. The maximum Gasteiger partial charge on any atom is 0.278 e. The normalized spacial score (nSPS) is 58.1. The predicted molar refractivity (Wildman–Crippen MR) is 44.9 cm³/mol. The van der Waals surface area contributed by atoms with E-state index in [1.54, 1.807) is 0 Å². The van der Waals surface area contributed by atoms with Gasteiger partial charge < -0.3 is 4.74 Å². The van der Waals surface area contributed by atoms with Crippen LogP contribution in [0.3, 0.4) is 0 Å². The number of hydrogen-bond donors (Lipinski definition) is 0. The second-order valence-electron chi connectivity index (χ2n) is 4.37. The average Bonchev–Trinajstić information content (AvgIpc) is 2.67. The van der Waals surface area contributed by atoms with Gasteiger partial charge in [-0.3, -0.25) is 4.18 Å². The van der Waals surface area contributed by atoms with E-state index in [1.807, 2.05) is 6.92 Å². The number of fused-ring (bicyclic) bond motifs is 1. The lowest BCUT2D eigenvalue weighted by atomic mass is 9.81. The largest absolute Gasteiger partial charge is 0.370 e. The van der Waals surface area contributed by atoms with Crippen molar-refractivity contribution in [1.82, 2.24) is 0 Å². The molecule has 80 valence electrons. The van der Waals surface area contributed by atoms with Crippen LogP contribution in [0.5, 0.6) is 0 Å². The minimum Gasteiger partial charge on any atom is -0.370 e. The van der Waals surface area contributed by atoms with E-state index in [0.29, 0.717) is 0 Å². The summed E-state index contributed by atoms with van der Waals surface area (Å²) in [4.78, 5) is 0. The summed E-state index contributed by atoms with van der Waals surface area (Å²) in [6.45, 7) is 0.984. The SMILES string of the molecule is CC1C2CC3(CF)C(O2)C1OS3(=O)=O. The zero-order valence-corrected chi connectivity index (χ0v) is 8.46. The minimum absolute atomic E-state index is 0.0527. The van der Waals surface area contributed by atoms with Gasteiger partial charge in [-0.2, -0.15) is 8.42 Å². The molecule has 0 amide bonds. The van der Waals surface area contributed by atoms with Crippen molar-refractivity contribution in [3.05, 3.63) is 0 Å². The van der Waals surface area contributed by atoms with E-state index in [9.17, 15) is 12.8 Å². The van der Waals surface area contributed by atoms with Gasteiger partial charge in [-0.15, -0.1) is 0 Å². The van der Waals surface area contributed by atoms with Crippen molar-refractivity contribution < 1.29 is 21.7 Å². The van der Waals surface area contributed by atoms with Crippen molar-refractivity contribution in [3.8, 4) is 0 Å².